The van der Waals surface area contributed by atoms with Crippen LogP contribution in [0.1, 0.15) is 22.9 Å². The van der Waals surface area contributed by atoms with Crippen LogP contribution in [0.4, 0.5) is 4.39 Å². The zero-order valence-electron chi connectivity index (χ0n) is 15.1. The Bertz CT molecular complexity index is 1280. The van der Waals surface area contributed by atoms with Crippen molar-refractivity contribution < 1.29 is 4.39 Å². The first-order valence-electron chi connectivity index (χ1n) is 8.98. The molecule has 0 N–H and O–H groups in total. The number of benzene rings is 1. The summed E-state index contributed by atoms with van der Waals surface area (Å²) in [5, 5.41) is 6.77. The van der Waals surface area contributed by atoms with Gasteiger partial charge in [-0.3, -0.25) is 0 Å². The van der Waals surface area contributed by atoms with Crippen molar-refractivity contribution in [2.24, 2.45) is 0 Å². The third-order valence-electron chi connectivity index (χ3n) is 5.11. The first-order valence-corrected chi connectivity index (χ1v) is 8.98. The van der Waals surface area contributed by atoms with Crippen LogP contribution in [0.3, 0.4) is 0 Å². The van der Waals surface area contributed by atoms with Crippen molar-refractivity contribution in [3.05, 3.63) is 77.4 Å². The van der Waals surface area contributed by atoms with Crippen molar-refractivity contribution in [3.8, 4) is 0 Å². The van der Waals surface area contributed by atoms with Crippen LogP contribution in [0.2, 0.25) is 0 Å². The number of hydrogen-bond acceptors (Lipinski definition) is 3. The molecule has 0 saturated heterocycles. The number of halogens is 1. The predicted molar refractivity (Wildman–Crippen MR) is 103 cm³/mol. The van der Waals surface area contributed by atoms with Crippen LogP contribution in [0.25, 0.3) is 22.1 Å². The van der Waals surface area contributed by atoms with Gasteiger partial charge in [-0.05, 0) is 43.9 Å². The number of hydrogen-bond donors (Lipinski definition) is 0. The Hall–Kier alpha value is -3.28. The van der Waals surface area contributed by atoms with E-state index in [4.69, 9.17) is 4.98 Å². The summed E-state index contributed by atoms with van der Waals surface area (Å²) in [5.41, 5.74) is 4.23. The highest BCUT2D eigenvalue weighted by atomic mass is 19.1. The van der Waals surface area contributed by atoms with Gasteiger partial charge in [-0.1, -0.05) is 24.3 Å². The molecule has 0 amide bonds. The van der Waals surface area contributed by atoms with Gasteiger partial charge in [0.15, 0.2) is 17.3 Å². The Labute approximate surface area is 155 Å². The van der Waals surface area contributed by atoms with E-state index in [0.29, 0.717) is 18.7 Å². The molecule has 0 atom stereocenters. The van der Waals surface area contributed by atoms with E-state index >= 15 is 0 Å². The zero-order valence-corrected chi connectivity index (χ0v) is 15.1. The van der Waals surface area contributed by atoms with E-state index < -0.39 is 0 Å². The minimum atomic E-state index is -0.352. The van der Waals surface area contributed by atoms with Gasteiger partial charge in [0.2, 0.25) is 0 Å². The van der Waals surface area contributed by atoms with E-state index in [-0.39, 0.29) is 11.5 Å². The van der Waals surface area contributed by atoms with E-state index in [0.717, 1.165) is 28.1 Å². The lowest BCUT2D eigenvalue weighted by atomic mass is 10.2. The van der Waals surface area contributed by atoms with Crippen molar-refractivity contribution >= 4 is 22.1 Å². The summed E-state index contributed by atoms with van der Waals surface area (Å²) in [6.45, 7) is 3.97. The molecule has 6 heteroatoms. The largest absolute Gasteiger partial charge is 0.304 e. The van der Waals surface area contributed by atoms with Gasteiger partial charge >= 0.3 is 0 Å². The van der Waals surface area contributed by atoms with E-state index in [1.54, 1.807) is 10.6 Å². The van der Waals surface area contributed by atoms with Gasteiger partial charge in [0.1, 0.15) is 5.65 Å². The topological polar surface area (TPSA) is 47.5 Å². The highest BCUT2D eigenvalue weighted by Gasteiger charge is 2.14. The van der Waals surface area contributed by atoms with Crippen LogP contribution in [-0.2, 0) is 12.8 Å². The fraction of sp³-hybridized carbons (Fsp3) is 0.190. The third-order valence-corrected chi connectivity index (χ3v) is 5.11. The molecular formula is C21H18FN5. The molecule has 0 radical (unpaired) electrons. The van der Waals surface area contributed by atoms with Crippen molar-refractivity contribution in [2.45, 2.75) is 26.7 Å². The summed E-state index contributed by atoms with van der Waals surface area (Å²) >= 11 is 0. The summed E-state index contributed by atoms with van der Waals surface area (Å²) in [6.07, 6.45) is 3.38. The summed E-state index contributed by atoms with van der Waals surface area (Å²) < 4.78 is 17.6. The average molecular weight is 359 g/mol. The third kappa shape index (κ3) is 2.48. The SMILES string of the molecule is Cc1c(CCc2nc3c(F)ccc(C)n3n2)nc2c3ccccc3ccn12. The summed E-state index contributed by atoms with van der Waals surface area (Å²) in [7, 11) is 0. The first kappa shape index (κ1) is 15.9. The molecular weight excluding hydrogens is 341 g/mol. The lowest BCUT2D eigenvalue weighted by molar-refractivity contribution is 0.626. The van der Waals surface area contributed by atoms with Gasteiger partial charge in [0.25, 0.3) is 0 Å². The van der Waals surface area contributed by atoms with Crippen LogP contribution in [0.15, 0.2) is 48.7 Å². The summed E-state index contributed by atoms with van der Waals surface area (Å²) in [5.74, 6) is 0.277. The van der Waals surface area contributed by atoms with Crippen molar-refractivity contribution in [1.82, 2.24) is 24.0 Å². The molecule has 0 aliphatic heterocycles. The highest BCUT2D eigenvalue weighted by molar-refractivity contribution is 5.94. The number of imidazole rings is 1. The van der Waals surface area contributed by atoms with Crippen LogP contribution in [0, 0.1) is 19.7 Å². The van der Waals surface area contributed by atoms with Gasteiger partial charge in [-0.15, -0.1) is 0 Å². The first-order chi connectivity index (χ1) is 13.1. The molecule has 0 aliphatic carbocycles. The second kappa shape index (κ2) is 5.87. The maximum Gasteiger partial charge on any atom is 0.191 e. The number of rotatable bonds is 3. The molecule has 4 aromatic heterocycles. The number of fused-ring (bicyclic) bond motifs is 4. The molecule has 134 valence electrons. The molecule has 5 rings (SSSR count). The lowest BCUT2D eigenvalue weighted by Crippen LogP contribution is -1.98. The number of aryl methyl sites for hydroxylation is 4. The van der Waals surface area contributed by atoms with E-state index in [9.17, 15) is 4.39 Å². The van der Waals surface area contributed by atoms with Crippen molar-refractivity contribution in [1.29, 1.82) is 0 Å². The van der Waals surface area contributed by atoms with Gasteiger partial charge in [-0.2, -0.15) is 5.10 Å². The minimum Gasteiger partial charge on any atom is -0.304 e. The lowest BCUT2D eigenvalue weighted by Gasteiger charge is -2.01. The van der Waals surface area contributed by atoms with Gasteiger partial charge < -0.3 is 4.40 Å². The minimum absolute atomic E-state index is 0.280. The van der Waals surface area contributed by atoms with Gasteiger partial charge in [-0.25, -0.2) is 18.9 Å². The van der Waals surface area contributed by atoms with E-state index in [1.165, 1.54) is 11.5 Å². The Morgan fingerprint density at radius 2 is 1.78 bits per heavy atom. The molecule has 0 fully saturated rings. The van der Waals surface area contributed by atoms with Gasteiger partial charge in [0, 0.05) is 29.4 Å². The molecule has 27 heavy (non-hydrogen) atoms. The maximum absolute atomic E-state index is 14.0. The maximum atomic E-state index is 14.0. The van der Waals surface area contributed by atoms with Crippen LogP contribution in [0.5, 0.6) is 0 Å². The number of pyridine rings is 2. The van der Waals surface area contributed by atoms with E-state index in [2.05, 4.69) is 45.8 Å². The fourth-order valence-electron chi connectivity index (χ4n) is 3.60. The summed E-state index contributed by atoms with van der Waals surface area (Å²) in [6, 6.07) is 13.5. The van der Waals surface area contributed by atoms with Crippen molar-refractivity contribution in [3.63, 3.8) is 0 Å². The van der Waals surface area contributed by atoms with Gasteiger partial charge in [0.05, 0.1) is 5.69 Å². The second-order valence-corrected chi connectivity index (χ2v) is 6.83. The molecule has 0 saturated carbocycles. The Balaban J connectivity index is 1.52. The highest BCUT2D eigenvalue weighted by Crippen LogP contribution is 2.22. The predicted octanol–water partition coefficient (Wildman–Crippen LogP) is 4.07. The van der Waals surface area contributed by atoms with Crippen LogP contribution < -0.4 is 0 Å². The standard InChI is InChI=1S/C21H18FN5/c1-13-7-8-17(22)21-24-19(25-27(13)21)10-9-18-14(2)26-12-11-15-5-3-4-6-16(15)20(26)23-18/h3-8,11-12H,9-10H2,1-2H3. The average Bonchev–Trinajstić information content (AvgIpc) is 3.26. The Kier molecular flexibility index (Phi) is 3.47. The number of aromatic nitrogens is 5. The molecule has 4 heterocycles. The monoisotopic (exact) mass is 359 g/mol. The van der Waals surface area contributed by atoms with Crippen LogP contribution in [-0.4, -0.2) is 24.0 Å². The zero-order chi connectivity index (χ0) is 18.5. The molecule has 0 unspecified atom stereocenters. The fourth-order valence-corrected chi connectivity index (χ4v) is 3.60. The Morgan fingerprint density at radius 1 is 0.926 bits per heavy atom. The molecule has 1 aromatic carbocycles. The second-order valence-electron chi connectivity index (χ2n) is 6.83. The summed E-state index contributed by atoms with van der Waals surface area (Å²) in [4.78, 5) is 9.23. The molecule has 5 nitrogen and oxygen atoms in total. The smallest absolute Gasteiger partial charge is 0.191 e. The quantitative estimate of drug-likeness (QED) is 0.488. The van der Waals surface area contributed by atoms with Crippen molar-refractivity contribution in [2.75, 3.05) is 0 Å². The molecule has 0 aliphatic rings. The molecule has 0 spiro atoms. The molecule has 0 bridgehead atoms. The normalized spacial score (nSPS) is 11.8. The van der Waals surface area contributed by atoms with Crippen LogP contribution >= 0.6 is 0 Å². The number of nitrogens with zero attached hydrogens (tertiary/aromatic N) is 5. The molecule has 5 aromatic rings. The Morgan fingerprint density at radius 3 is 2.63 bits per heavy atom. The van der Waals surface area contributed by atoms with E-state index in [1.807, 2.05) is 19.1 Å².